The van der Waals surface area contributed by atoms with Gasteiger partial charge in [-0.25, -0.2) is 16.8 Å². The molecule has 1 aliphatic heterocycles. The van der Waals surface area contributed by atoms with Crippen LogP contribution in [0.5, 0.6) is 0 Å². The number of fused-ring (bicyclic) bond motifs is 1. The molecule has 11 nitrogen and oxygen atoms in total. The summed E-state index contributed by atoms with van der Waals surface area (Å²) in [6.07, 6.45) is 0.899. The lowest BCUT2D eigenvalue weighted by Crippen LogP contribution is -2.49. The number of nitro groups is 1. The summed E-state index contributed by atoms with van der Waals surface area (Å²) in [6, 6.07) is 10.1. The normalized spacial score (nSPS) is 15.6. The van der Waals surface area contributed by atoms with Crippen LogP contribution >= 0.6 is 11.3 Å². The van der Waals surface area contributed by atoms with Crippen LogP contribution in [-0.2, 0) is 19.9 Å². The Hall–Kier alpha value is -2.94. The highest BCUT2D eigenvalue weighted by Crippen LogP contribution is 2.34. The van der Waals surface area contributed by atoms with Gasteiger partial charge in [0, 0.05) is 38.5 Å². The lowest BCUT2D eigenvalue weighted by molar-refractivity contribution is -0.383. The molecule has 1 aromatic heterocycles. The minimum atomic E-state index is -3.78. The second-order valence-corrected chi connectivity index (χ2v) is 12.3. The van der Waals surface area contributed by atoms with Crippen molar-refractivity contribution in [3.8, 4) is 0 Å². The van der Waals surface area contributed by atoms with E-state index in [1.165, 1.54) is 16.4 Å². The molecule has 2 aromatic carbocycles. The maximum atomic E-state index is 12.8. The fraction of sp³-hybridized carbons (Fsp3) is 0.263. The quantitative estimate of drug-likeness (QED) is 0.367. The van der Waals surface area contributed by atoms with Gasteiger partial charge >= 0.3 is 0 Å². The Kier molecular flexibility index (Phi) is 5.94. The zero-order valence-corrected chi connectivity index (χ0v) is 19.7. The van der Waals surface area contributed by atoms with Crippen LogP contribution in [0.4, 0.5) is 10.8 Å². The van der Waals surface area contributed by atoms with Crippen LogP contribution in [0.25, 0.3) is 10.1 Å². The predicted molar refractivity (Wildman–Crippen MR) is 123 cm³/mol. The Labute approximate surface area is 193 Å². The number of nitro benzene ring substituents is 1. The number of rotatable bonds is 5. The molecule has 1 fully saturated rings. The number of nitrogens with zero attached hydrogens (tertiary/aromatic N) is 4. The molecule has 0 saturated carbocycles. The maximum Gasteiger partial charge on any atom is 0.288 e. The summed E-state index contributed by atoms with van der Waals surface area (Å²) in [7, 11) is -7.45. The van der Waals surface area contributed by atoms with Gasteiger partial charge in [-0.15, -0.1) is 0 Å². The highest BCUT2D eigenvalue weighted by Gasteiger charge is 2.30. The molecule has 1 saturated heterocycles. The van der Waals surface area contributed by atoms with E-state index in [1.807, 2.05) is 0 Å². The fourth-order valence-electron chi connectivity index (χ4n) is 3.46. The molecule has 0 spiro atoms. The summed E-state index contributed by atoms with van der Waals surface area (Å²) in [5.74, 6) is 0. The van der Waals surface area contributed by atoms with E-state index in [4.69, 9.17) is 0 Å². The molecule has 0 amide bonds. The monoisotopic (exact) mass is 510 g/mol. The second-order valence-electron chi connectivity index (χ2n) is 7.35. The number of anilines is 1. The number of aromatic nitrogens is 1. The van der Waals surface area contributed by atoms with Crippen LogP contribution in [0, 0.1) is 10.1 Å². The van der Waals surface area contributed by atoms with Crippen molar-refractivity contribution in [3.05, 3.63) is 62.9 Å². The number of non-ortho nitro benzene ring substituents is 1. The Morgan fingerprint density at radius 3 is 2.21 bits per heavy atom. The fourth-order valence-corrected chi connectivity index (χ4v) is 6.68. The van der Waals surface area contributed by atoms with Crippen molar-refractivity contribution in [1.29, 1.82) is 0 Å². The maximum absolute atomic E-state index is 12.8. The molecule has 3 aromatic rings. The molecule has 2 heterocycles. The van der Waals surface area contributed by atoms with Crippen LogP contribution in [0.15, 0.2) is 57.1 Å². The van der Waals surface area contributed by atoms with Crippen molar-refractivity contribution in [3.63, 3.8) is 0 Å². The van der Waals surface area contributed by atoms with E-state index in [0.29, 0.717) is 0 Å². The molecule has 174 valence electrons. The van der Waals surface area contributed by atoms with E-state index < -0.39 is 36.0 Å². The molecule has 0 bridgehead atoms. The van der Waals surface area contributed by atoms with Crippen LogP contribution in [0.3, 0.4) is 0 Å². The van der Waals surface area contributed by atoms with E-state index in [1.54, 1.807) is 23.1 Å². The molecule has 1 aliphatic rings. The van der Waals surface area contributed by atoms with Crippen molar-refractivity contribution in [1.82, 2.24) is 9.29 Å². The number of sulfone groups is 1. The van der Waals surface area contributed by atoms with Crippen LogP contribution in [0.1, 0.15) is 0 Å². The summed E-state index contributed by atoms with van der Waals surface area (Å²) in [5, 5.41) is 11.6. The second kappa shape index (κ2) is 8.44. The van der Waals surface area contributed by atoms with Gasteiger partial charge in [-0.2, -0.15) is 9.29 Å². The first-order valence-corrected chi connectivity index (χ1v) is 13.8. The first-order valence-electron chi connectivity index (χ1n) is 9.62. The summed E-state index contributed by atoms with van der Waals surface area (Å²) in [4.78, 5) is 29.0. The Bertz CT molecular complexity index is 1510. The minimum absolute atomic E-state index is 0.0155. The van der Waals surface area contributed by atoms with Gasteiger partial charge in [0.25, 0.3) is 11.2 Å². The van der Waals surface area contributed by atoms with Gasteiger partial charge in [0.05, 0.1) is 20.1 Å². The number of hydrogen-bond donors (Lipinski definition) is 0. The Morgan fingerprint density at radius 1 is 1.00 bits per heavy atom. The van der Waals surface area contributed by atoms with E-state index in [-0.39, 0.29) is 51.2 Å². The van der Waals surface area contributed by atoms with Gasteiger partial charge in [-0.05, 0) is 18.2 Å². The van der Waals surface area contributed by atoms with Crippen LogP contribution < -0.4 is 10.5 Å². The average Bonchev–Trinajstić information content (AvgIpc) is 2.78. The van der Waals surface area contributed by atoms with Crippen molar-refractivity contribution >= 4 is 52.1 Å². The van der Waals surface area contributed by atoms with Crippen molar-refractivity contribution in [2.75, 3.05) is 37.3 Å². The standard InChI is InChI=1S/C19H18N4O7S3/c1-32(27,28)14-11-15-17(16(12-14)23(25)26)31-19(20-18(15)24)21-7-9-22(10-8-21)33(29,30)13-5-3-2-4-6-13/h2-6,11-12H,7-10H2,1H3. The first kappa shape index (κ1) is 23.2. The van der Waals surface area contributed by atoms with E-state index in [9.17, 15) is 31.7 Å². The van der Waals surface area contributed by atoms with Gasteiger partial charge in [-0.3, -0.25) is 14.9 Å². The highest BCUT2D eigenvalue weighted by molar-refractivity contribution is 7.90. The number of hydrogen-bond acceptors (Lipinski definition) is 10. The third-order valence-electron chi connectivity index (χ3n) is 5.18. The number of sulfonamides is 1. The Morgan fingerprint density at radius 2 is 1.64 bits per heavy atom. The topological polar surface area (TPSA) is 148 Å². The lowest BCUT2D eigenvalue weighted by atomic mass is 10.2. The van der Waals surface area contributed by atoms with Gasteiger partial charge in [-0.1, -0.05) is 29.5 Å². The van der Waals surface area contributed by atoms with Gasteiger partial charge in [0.2, 0.25) is 10.0 Å². The summed E-state index contributed by atoms with van der Waals surface area (Å²) < 4.78 is 50.8. The first-order chi connectivity index (χ1) is 15.5. The smallest absolute Gasteiger partial charge is 0.288 e. The molecular formula is C19H18N4O7S3. The van der Waals surface area contributed by atoms with Gasteiger partial charge < -0.3 is 4.90 Å². The van der Waals surface area contributed by atoms with E-state index in [2.05, 4.69) is 4.98 Å². The summed E-state index contributed by atoms with van der Waals surface area (Å²) in [6.45, 7) is 0.755. The van der Waals surface area contributed by atoms with Crippen molar-refractivity contribution in [2.24, 2.45) is 0 Å². The molecule has 33 heavy (non-hydrogen) atoms. The van der Waals surface area contributed by atoms with Gasteiger partial charge in [0.1, 0.15) is 4.70 Å². The Balaban J connectivity index is 1.67. The lowest BCUT2D eigenvalue weighted by Gasteiger charge is -2.34. The molecule has 0 radical (unpaired) electrons. The van der Waals surface area contributed by atoms with Crippen LogP contribution in [0.2, 0.25) is 0 Å². The molecule has 4 rings (SSSR count). The molecule has 0 atom stereocenters. The summed E-state index contributed by atoms with van der Waals surface area (Å²) >= 11 is 0.897. The third-order valence-corrected chi connectivity index (χ3v) is 9.35. The molecule has 14 heteroatoms. The van der Waals surface area contributed by atoms with Gasteiger partial charge in [0.15, 0.2) is 15.0 Å². The van der Waals surface area contributed by atoms with Crippen molar-refractivity contribution in [2.45, 2.75) is 9.79 Å². The van der Waals surface area contributed by atoms with Crippen LogP contribution in [-0.4, -0.2) is 63.5 Å². The SMILES string of the molecule is CS(=O)(=O)c1cc([N+](=O)[O-])c2sc(N3CCN(S(=O)(=O)c4ccccc4)CC3)nc(=O)c2c1. The molecule has 0 unspecified atom stereocenters. The predicted octanol–water partition coefficient (Wildman–Crippen LogP) is 1.48. The molecule has 0 N–H and O–H groups in total. The van der Waals surface area contributed by atoms with Crippen molar-refractivity contribution < 1.29 is 21.8 Å². The third kappa shape index (κ3) is 4.46. The average molecular weight is 511 g/mol. The zero-order chi connectivity index (χ0) is 24.0. The summed E-state index contributed by atoms with van der Waals surface area (Å²) in [5.41, 5.74) is -1.28. The van der Waals surface area contributed by atoms with E-state index in [0.717, 1.165) is 29.7 Å². The molecule has 0 aliphatic carbocycles. The highest BCUT2D eigenvalue weighted by atomic mass is 32.2. The number of piperazine rings is 1. The minimum Gasteiger partial charge on any atom is -0.345 e. The number of benzene rings is 2. The molecular weight excluding hydrogens is 492 g/mol. The zero-order valence-electron chi connectivity index (χ0n) is 17.2. The van der Waals surface area contributed by atoms with E-state index >= 15 is 0 Å². The largest absolute Gasteiger partial charge is 0.345 e.